The van der Waals surface area contributed by atoms with Crippen LogP contribution in [0.4, 0.5) is 5.69 Å². The Morgan fingerprint density at radius 3 is 2.37 bits per heavy atom. The number of nitrogen functional groups attached to an aromatic ring is 1. The molecule has 0 amide bonds. The molecule has 0 fully saturated rings. The van der Waals surface area contributed by atoms with E-state index in [1.807, 2.05) is 21.1 Å². The Morgan fingerprint density at radius 1 is 1.16 bits per heavy atom. The minimum absolute atomic E-state index is 0.288. The zero-order valence-electron chi connectivity index (χ0n) is 12.0. The first-order valence-electron chi connectivity index (χ1n) is 6.47. The average molecular weight is 267 g/mol. The van der Waals surface area contributed by atoms with Crippen molar-refractivity contribution in [1.82, 2.24) is 9.80 Å². The van der Waals surface area contributed by atoms with Crippen molar-refractivity contribution in [2.75, 3.05) is 53.1 Å². The molecule has 0 saturated heterocycles. The van der Waals surface area contributed by atoms with Crippen molar-refractivity contribution in [2.45, 2.75) is 6.10 Å². The second-order valence-corrected chi connectivity index (χ2v) is 5.10. The van der Waals surface area contributed by atoms with Gasteiger partial charge in [0.25, 0.3) is 0 Å². The lowest BCUT2D eigenvalue weighted by atomic mass is 10.3. The summed E-state index contributed by atoms with van der Waals surface area (Å²) in [6.45, 7) is 2.78. The Bertz CT molecular complexity index is 354. The first-order valence-corrected chi connectivity index (χ1v) is 6.47. The van der Waals surface area contributed by atoms with Crippen molar-refractivity contribution in [3.63, 3.8) is 0 Å². The largest absolute Gasteiger partial charge is 0.491 e. The first kappa shape index (κ1) is 15.8. The van der Waals surface area contributed by atoms with Gasteiger partial charge in [-0.1, -0.05) is 0 Å². The molecule has 0 aliphatic heterocycles. The predicted octanol–water partition coefficient (Wildman–Crippen LogP) is 0.502. The van der Waals surface area contributed by atoms with Crippen LogP contribution in [0.3, 0.4) is 0 Å². The summed E-state index contributed by atoms with van der Waals surface area (Å²) in [7, 11) is 6.07. The molecule has 5 nitrogen and oxygen atoms in total. The van der Waals surface area contributed by atoms with Crippen LogP contribution >= 0.6 is 0 Å². The molecule has 1 rings (SSSR count). The second-order valence-electron chi connectivity index (χ2n) is 5.10. The van der Waals surface area contributed by atoms with Gasteiger partial charge in [-0.2, -0.15) is 0 Å². The number of aliphatic hydroxyl groups is 1. The lowest BCUT2D eigenvalue weighted by molar-refractivity contribution is 0.0746. The number of likely N-dealkylation sites (N-methyl/N-ethyl adjacent to an activating group) is 2. The van der Waals surface area contributed by atoms with Crippen LogP contribution in [0.1, 0.15) is 0 Å². The molecular formula is C14H25N3O2. The van der Waals surface area contributed by atoms with Crippen LogP contribution in [-0.2, 0) is 0 Å². The third-order valence-corrected chi connectivity index (χ3v) is 2.77. The lowest BCUT2D eigenvalue weighted by Gasteiger charge is -2.22. The van der Waals surface area contributed by atoms with E-state index < -0.39 is 6.10 Å². The van der Waals surface area contributed by atoms with E-state index in [2.05, 4.69) is 9.80 Å². The van der Waals surface area contributed by atoms with E-state index >= 15 is 0 Å². The number of aliphatic hydroxyl groups excluding tert-OH is 1. The fourth-order valence-electron chi connectivity index (χ4n) is 1.63. The van der Waals surface area contributed by atoms with Crippen LogP contribution in [0.5, 0.6) is 5.75 Å². The third-order valence-electron chi connectivity index (χ3n) is 2.77. The summed E-state index contributed by atoms with van der Waals surface area (Å²) in [5.74, 6) is 0.726. The number of anilines is 1. The van der Waals surface area contributed by atoms with Gasteiger partial charge in [0.05, 0.1) is 0 Å². The summed E-state index contributed by atoms with van der Waals surface area (Å²) in [5.41, 5.74) is 6.30. The smallest absolute Gasteiger partial charge is 0.119 e. The molecule has 19 heavy (non-hydrogen) atoms. The van der Waals surface area contributed by atoms with Crippen molar-refractivity contribution in [1.29, 1.82) is 0 Å². The Kier molecular flexibility index (Phi) is 6.62. The highest BCUT2D eigenvalue weighted by Gasteiger charge is 2.09. The topological polar surface area (TPSA) is 62.0 Å². The summed E-state index contributed by atoms with van der Waals surface area (Å²) in [4.78, 5) is 4.21. The molecule has 0 heterocycles. The summed E-state index contributed by atoms with van der Waals surface area (Å²) >= 11 is 0. The Balaban J connectivity index is 2.23. The summed E-state index contributed by atoms with van der Waals surface area (Å²) < 4.78 is 5.51. The maximum absolute atomic E-state index is 9.90. The standard InChI is InChI=1S/C14H25N3O2/c1-16(2)8-9-17(3)10-13(18)11-19-14-6-4-12(15)5-7-14/h4-7,13,18H,8-11,15H2,1-3H3. The highest BCUT2D eigenvalue weighted by atomic mass is 16.5. The van der Waals surface area contributed by atoms with Crippen molar-refractivity contribution in [3.05, 3.63) is 24.3 Å². The third kappa shape index (κ3) is 7.00. The van der Waals surface area contributed by atoms with Crippen LogP contribution in [0, 0.1) is 0 Å². The minimum Gasteiger partial charge on any atom is -0.491 e. The van der Waals surface area contributed by atoms with E-state index in [1.165, 1.54) is 0 Å². The molecule has 1 aromatic rings. The van der Waals surface area contributed by atoms with E-state index in [-0.39, 0.29) is 6.61 Å². The van der Waals surface area contributed by atoms with Gasteiger partial charge >= 0.3 is 0 Å². The van der Waals surface area contributed by atoms with Crippen molar-refractivity contribution in [3.8, 4) is 5.75 Å². The molecular weight excluding hydrogens is 242 g/mol. The monoisotopic (exact) mass is 267 g/mol. The number of benzene rings is 1. The van der Waals surface area contributed by atoms with E-state index in [1.54, 1.807) is 24.3 Å². The molecule has 3 N–H and O–H groups in total. The summed E-state index contributed by atoms with van der Waals surface area (Å²) in [5, 5.41) is 9.90. The Labute approximate surface area is 115 Å². The normalized spacial score (nSPS) is 12.9. The number of hydrogen-bond acceptors (Lipinski definition) is 5. The molecule has 1 unspecified atom stereocenters. The molecule has 5 heteroatoms. The molecule has 0 spiro atoms. The van der Waals surface area contributed by atoms with Gasteiger partial charge in [-0.3, -0.25) is 0 Å². The number of ether oxygens (including phenoxy) is 1. The maximum atomic E-state index is 9.90. The van der Waals surface area contributed by atoms with Crippen LogP contribution in [0.15, 0.2) is 24.3 Å². The first-order chi connectivity index (χ1) is 8.97. The van der Waals surface area contributed by atoms with Gasteiger partial charge in [-0.15, -0.1) is 0 Å². The van der Waals surface area contributed by atoms with Gasteiger partial charge in [0.1, 0.15) is 18.5 Å². The van der Waals surface area contributed by atoms with Crippen LogP contribution in [0.2, 0.25) is 0 Å². The SMILES string of the molecule is CN(C)CCN(C)CC(O)COc1ccc(N)cc1. The van der Waals surface area contributed by atoms with Gasteiger partial charge in [0, 0.05) is 25.3 Å². The fraction of sp³-hybridized carbons (Fsp3) is 0.571. The molecule has 0 aliphatic rings. The zero-order valence-corrected chi connectivity index (χ0v) is 12.0. The molecule has 0 bridgehead atoms. The molecule has 0 aromatic heterocycles. The van der Waals surface area contributed by atoms with Gasteiger partial charge < -0.3 is 25.4 Å². The van der Waals surface area contributed by atoms with Gasteiger partial charge in [-0.05, 0) is 45.4 Å². The van der Waals surface area contributed by atoms with Gasteiger partial charge in [0.15, 0.2) is 0 Å². The van der Waals surface area contributed by atoms with E-state index in [9.17, 15) is 5.11 Å². The van der Waals surface area contributed by atoms with Crippen molar-refractivity contribution >= 4 is 5.69 Å². The van der Waals surface area contributed by atoms with E-state index in [4.69, 9.17) is 10.5 Å². The number of nitrogens with zero attached hydrogens (tertiary/aromatic N) is 2. The van der Waals surface area contributed by atoms with Crippen LogP contribution < -0.4 is 10.5 Å². The lowest BCUT2D eigenvalue weighted by Crippen LogP contribution is -2.36. The molecule has 108 valence electrons. The maximum Gasteiger partial charge on any atom is 0.119 e. The van der Waals surface area contributed by atoms with Gasteiger partial charge in [-0.25, -0.2) is 0 Å². The number of rotatable bonds is 8. The van der Waals surface area contributed by atoms with Crippen LogP contribution in [0.25, 0.3) is 0 Å². The molecule has 0 radical (unpaired) electrons. The van der Waals surface area contributed by atoms with Crippen molar-refractivity contribution in [2.24, 2.45) is 0 Å². The van der Waals surface area contributed by atoms with Gasteiger partial charge in [0.2, 0.25) is 0 Å². The van der Waals surface area contributed by atoms with Crippen molar-refractivity contribution < 1.29 is 9.84 Å². The highest BCUT2D eigenvalue weighted by Crippen LogP contribution is 2.13. The predicted molar refractivity (Wildman–Crippen MR) is 78.4 cm³/mol. The van der Waals surface area contributed by atoms with E-state index in [0.29, 0.717) is 12.2 Å². The molecule has 0 saturated carbocycles. The molecule has 0 aliphatic carbocycles. The average Bonchev–Trinajstić information content (AvgIpc) is 2.36. The highest BCUT2D eigenvalue weighted by molar-refractivity contribution is 5.41. The fourth-order valence-corrected chi connectivity index (χ4v) is 1.63. The quantitative estimate of drug-likeness (QED) is 0.672. The second kappa shape index (κ2) is 7.99. The minimum atomic E-state index is -0.496. The Hall–Kier alpha value is -1.30. The number of nitrogens with two attached hydrogens (primary N) is 1. The summed E-state index contributed by atoms with van der Waals surface area (Å²) in [6, 6.07) is 7.17. The van der Waals surface area contributed by atoms with Crippen LogP contribution in [-0.4, -0.2) is 68.4 Å². The molecule has 1 atom stereocenters. The summed E-state index contributed by atoms with van der Waals surface area (Å²) in [6.07, 6.45) is -0.496. The zero-order chi connectivity index (χ0) is 14.3. The number of hydrogen-bond donors (Lipinski definition) is 2. The Morgan fingerprint density at radius 2 is 1.79 bits per heavy atom. The molecule has 1 aromatic carbocycles. The van der Waals surface area contributed by atoms with E-state index in [0.717, 1.165) is 18.8 Å².